The van der Waals surface area contributed by atoms with E-state index >= 15 is 0 Å². The summed E-state index contributed by atoms with van der Waals surface area (Å²) in [6, 6.07) is 4.55. The first-order valence-electron chi connectivity index (χ1n) is 7.52. The molecule has 2 heterocycles. The van der Waals surface area contributed by atoms with Crippen LogP contribution in [0.3, 0.4) is 0 Å². The molecule has 0 aromatic heterocycles. The molecule has 120 valence electrons. The molecule has 0 aliphatic carbocycles. The highest BCUT2D eigenvalue weighted by atomic mass is 32.2. The van der Waals surface area contributed by atoms with Crippen LogP contribution < -0.4 is 10.0 Å². The number of carbonyl (C=O) groups excluding carboxylic acids is 1. The number of hydrogen-bond donors (Lipinski definition) is 2. The summed E-state index contributed by atoms with van der Waals surface area (Å²) in [5.41, 5.74) is 1.55. The number of carbonyl (C=O) groups is 1. The van der Waals surface area contributed by atoms with Gasteiger partial charge in [-0.25, -0.2) is 13.1 Å². The van der Waals surface area contributed by atoms with Crippen molar-refractivity contribution in [2.45, 2.75) is 49.6 Å². The van der Waals surface area contributed by atoms with Crippen molar-refractivity contribution in [2.75, 3.05) is 11.9 Å². The Kier molecular flexibility index (Phi) is 4.20. The fourth-order valence-corrected chi connectivity index (χ4v) is 4.23. The predicted octanol–water partition coefficient (Wildman–Crippen LogP) is 1.42. The van der Waals surface area contributed by atoms with Crippen molar-refractivity contribution in [1.82, 2.24) is 4.72 Å². The van der Waals surface area contributed by atoms with Gasteiger partial charge in [-0.05, 0) is 49.9 Å². The number of amides is 1. The van der Waals surface area contributed by atoms with E-state index in [9.17, 15) is 13.2 Å². The average Bonchev–Trinajstić information content (AvgIpc) is 3.00. The van der Waals surface area contributed by atoms with Crippen molar-refractivity contribution in [2.24, 2.45) is 0 Å². The Hall–Kier alpha value is -1.44. The minimum Gasteiger partial charge on any atom is -0.377 e. The fourth-order valence-electron chi connectivity index (χ4n) is 2.91. The quantitative estimate of drug-likeness (QED) is 0.877. The Morgan fingerprint density at radius 2 is 2.18 bits per heavy atom. The maximum atomic E-state index is 12.5. The molecule has 0 spiro atoms. The third kappa shape index (κ3) is 3.16. The summed E-state index contributed by atoms with van der Waals surface area (Å²) < 4.78 is 33.2. The van der Waals surface area contributed by atoms with E-state index in [0.717, 1.165) is 18.4 Å². The molecule has 1 fully saturated rings. The van der Waals surface area contributed by atoms with Gasteiger partial charge < -0.3 is 10.1 Å². The molecule has 1 aromatic carbocycles. The highest BCUT2D eigenvalue weighted by molar-refractivity contribution is 7.89. The van der Waals surface area contributed by atoms with E-state index in [0.29, 0.717) is 25.1 Å². The molecule has 1 saturated heterocycles. The maximum absolute atomic E-state index is 12.5. The number of rotatable bonds is 4. The molecule has 7 heteroatoms. The number of aryl methyl sites for hydroxylation is 1. The fraction of sp³-hybridized carbons (Fsp3) is 0.533. The van der Waals surface area contributed by atoms with Crippen molar-refractivity contribution >= 4 is 21.6 Å². The average molecular weight is 324 g/mol. The zero-order chi connectivity index (χ0) is 15.7. The molecular formula is C15H20N2O4S. The van der Waals surface area contributed by atoms with Gasteiger partial charge in [0.25, 0.3) is 0 Å². The number of hydrogen-bond acceptors (Lipinski definition) is 4. The number of nitrogens with one attached hydrogen (secondary N) is 2. The van der Waals surface area contributed by atoms with Gasteiger partial charge in [0, 0.05) is 24.8 Å². The highest BCUT2D eigenvalue weighted by Gasteiger charge is 2.27. The Morgan fingerprint density at radius 1 is 1.36 bits per heavy atom. The Morgan fingerprint density at radius 3 is 2.91 bits per heavy atom. The minimum atomic E-state index is -3.59. The van der Waals surface area contributed by atoms with Crippen molar-refractivity contribution in [3.8, 4) is 0 Å². The van der Waals surface area contributed by atoms with Crippen LogP contribution in [0.15, 0.2) is 23.1 Å². The lowest BCUT2D eigenvalue weighted by molar-refractivity contribution is -0.116. The van der Waals surface area contributed by atoms with Crippen molar-refractivity contribution < 1.29 is 17.9 Å². The first kappa shape index (κ1) is 15.5. The molecule has 0 radical (unpaired) electrons. The second kappa shape index (κ2) is 5.98. The second-order valence-corrected chi connectivity index (χ2v) is 7.54. The molecule has 1 aromatic rings. The van der Waals surface area contributed by atoms with Gasteiger partial charge in [0.1, 0.15) is 0 Å². The first-order chi connectivity index (χ1) is 10.5. The Balaban J connectivity index is 1.78. The van der Waals surface area contributed by atoms with Gasteiger partial charge in [-0.15, -0.1) is 0 Å². The van der Waals surface area contributed by atoms with Gasteiger partial charge in [0.05, 0.1) is 11.0 Å². The second-order valence-electron chi connectivity index (χ2n) is 5.83. The van der Waals surface area contributed by atoms with E-state index < -0.39 is 10.0 Å². The zero-order valence-electron chi connectivity index (χ0n) is 12.5. The molecule has 0 bridgehead atoms. The van der Waals surface area contributed by atoms with E-state index in [1.165, 1.54) is 6.07 Å². The number of anilines is 1. The van der Waals surface area contributed by atoms with E-state index in [1.807, 2.05) is 6.92 Å². The third-order valence-corrected chi connectivity index (χ3v) is 5.70. The number of fused-ring (bicyclic) bond motifs is 1. The van der Waals surface area contributed by atoms with E-state index in [-0.39, 0.29) is 22.9 Å². The van der Waals surface area contributed by atoms with Gasteiger partial charge in [-0.1, -0.05) is 0 Å². The van der Waals surface area contributed by atoms with Crippen molar-refractivity contribution in [3.63, 3.8) is 0 Å². The third-order valence-electron chi connectivity index (χ3n) is 4.15. The molecule has 2 N–H and O–H groups in total. The largest absolute Gasteiger partial charge is 0.377 e. The highest BCUT2D eigenvalue weighted by Crippen LogP contribution is 2.26. The Bertz CT molecular complexity index is 681. The minimum absolute atomic E-state index is 0.0340. The normalized spacial score (nSPS) is 23.0. The van der Waals surface area contributed by atoms with Gasteiger partial charge in [-0.2, -0.15) is 0 Å². The number of benzene rings is 1. The van der Waals surface area contributed by atoms with Crippen LogP contribution in [0.4, 0.5) is 5.69 Å². The summed E-state index contributed by atoms with van der Waals surface area (Å²) in [5.74, 6) is -0.0340. The van der Waals surface area contributed by atoms with Crippen LogP contribution in [0.5, 0.6) is 0 Å². The Labute approximate surface area is 130 Å². The molecule has 0 saturated carbocycles. The number of sulfonamides is 1. The monoisotopic (exact) mass is 324 g/mol. The van der Waals surface area contributed by atoms with Crippen LogP contribution in [0.2, 0.25) is 0 Å². The summed E-state index contributed by atoms with van der Waals surface area (Å²) >= 11 is 0. The van der Waals surface area contributed by atoms with Crippen LogP contribution in [0.25, 0.3) is 0 Å². The summed E-state index contributed by atoms with van der Waals surface area (Å²) in [6.45, 7) is 2.52. The van der Waals surface area contributed by atoms with Gasteiger partial charge >= 0.3 is 0 Å². The molecule has 2 aliphatic rings. The SMILES string of the molecule is C[C@@H](NS(=O)(=O)c1ccc2c(c1)CCC(=O)N2)[C@@H]1CCCO1. The molecule has 22 heavy (non-hydrogen) atoms. The van der Waals surface area contributed by atoms with E-state index in [1.54, 1.807) is 12.1 Å². The van der Waals surface area contributed by atoms with E-state index in [4.69, 9.17) is 4.74 Å². The van der Waals surface area contributed by atoms with Crippen LogP contribution in [0, 0.1) is 0 Å². The first-order valence-corrected chi connectivity index (χ1v) is 9.01. The molecule has 3 rings (SSSR count). The topological polar surface area (TPSA) is 84.5 Å². The standard InChI is InChI=1S/C15H20N2O4S/c1-10(14-3-2-8-21-14)17-22(19,20)12-5-6-13-11(9-12)4-7-15(18)16-13/h5-6,9-10,14,17H,2-4,7-8H2,1H3,(H,16,18)/t10-,14+/m1/s1. The summed E-state index contributed by atoms with van der Waals surface area (Å²) in [7, 11) is -3.59. The summed E-state index contributed by atoms with van der Waals surface area (Å²) in [5, 5.41) is 2.75. The van der Waals surface area contributed by atoms with Crippen LogP contribution in [-0.2, 0) is 26.0 Å². The van der Waals surface area contributed by atoms with Crippen molar-refractivity contribution in [3.05, 3.63) is 23.8 Å². The number of ether oxygens (including phenoxy) is 1. The smallest absolute Gasteiger partial charge is 0.240 e. The summed E-state index contributed by atoms with van der Waals surface area (Å²) in [4.78, 5) is 11.6. The van der Waals surface area contributed by atoms with Crippen LogP contribution in [0.1, 0.15) is 31.7 Å². The van der Waals surface area contributed by atoms with Gasteiger partial charge in [0.2, 0.25) is 15.9 Å². The summed E-state index contributed by atoms with van der Waals surface area (Å²) in [6.07, 6.45) is 2.73. The maximum Gasteiger partial charge on any atom is 0.240 e. The van der Waals surface area contributed by atoms with Crippen molar-refractivity contribution in [1.29, 1.82) is 0 Å². The molecule has 0 unspecified atom stereocenters. The predicted molar refractivity (Wildman–Crippen MR) is 82.2 cm³/mol. The molecular weight excluding hydrogens is 304 g/mol. The van der Waals surface area contributed by atoms with E-state index in [2.05, 4.69) is 10.0 Å². The van der Waals surface area contributed by atoms with Gasteiger partial charge in [0.15, 0.2) is 0 Å². The molecule has 2 aliphatic heterocycles. The lowest BCUT2D eigenvalue weighted by atomic mass is 10.0. The zero-order valence-corrected chi connectivity index (χ0v) is 13.3. The van der Waals surface area contributed by atoms with Crippen LogP contribution in [-0.4, -0.2) is 33.1 Å². The lowest BCUT2D eigenvalue weighted by Crippen LogP contribution is -2.40. The lowest BCUT2D eigenvalue weighted by Gasteiger charge is -2.21. The van der Waals surface area contributed by atoms with Gasteiger partial charge in [-0.3, -0.25) is 4.79 Å². The van der Waals surface area contributed by atoms with Crippen LogP contribution >= 0.6 is 0 Å². The molecule has 1 amide bonds. The molecule has 6 nitrogen and oxygen atoms in total. The molecule has 2 atom stereocenters.